The molecule has 1 aromatic heterocycles. The van der Waals surface area contributed by atoms with Gasteiger partial charge in [0.15, 0.2) is 5.12 Å². The fourth-order valence-electron chi connectivity index (χ4n) is 2.55. The summed E-state index contributed by atoms with van der Waals surface area (Å²) < 4.78 is 0. The fourth-order valence-corrected chi connectivity index (χ4v) is 2.99. The first-order valence-corrected chi connectivity index (χ1v) is 9.73. The van der Waals surface area contributed by atoms with Gasteiger partial charge in [0.2, 0.25) is 5.91 Å². The van der Waals surface area contributed by atoms with E-state index in [9.17, 15) is 9.59 Å². The van der Waals surface area contributed by atoms with E-state index in [-0.39, 0.29) is 16.8 Å². The van der Waals surface area contributed by atoms with Crippen molar-refractivity contribution in [3.8, 4) is 0 Å². The zero-order valence-electron chi connectivity index (χ0n) is 15.1. The highest BCUT2D eigenvalue weighted by Gasteiger charge is 2.04. The number of carbonyl (C=O) groups excluding carboxylic acids is 2. The van der Waals surface area contributed by atoms with Crippen molar-refractivity contribution in [2.24, 2.45) is 0 Å². The number of pyridine rings is 1. The van der Waals surface area contributed by atoms with Crippen LogP contribution in [0.4, 0.5) is 5.69 Å². The molecule has 0 bridgehead atoms. The maximum absolute atomic E-state index is 11.5. The Morgan fingerprint density at radius 1 is 1.15 bits per heavy atom. The Morgan fingerprint density at radius 2 is 2.00 bits per heavy atom. The molecule has 0 radical (unpaired) electrons. The van der Waals surface area contributed by atoms with Gasteiger partial charge in [-0.15, -0.1) is 0 Å². The second kappa shape index (κ2) is 10.6. The summed E-state index contributed by atoms with van der Waals surface area (Å²) in [6, 6.07) is 9.98. The number of hydrogen-bond donors (Lipinski definition) is 2. The number of aromatic nitrogens is 1. The Kier molecular flexibility index (Phi) is 8.15. The first kappa shape index (κ1) is 20.0. The SMILES string of the molecule is C=C(CCCCCNC(=O)CSC(C)=O)Nc1cccc2ncccc12. The van der Waals surface area contributed by atoms with E-state index in [1.165, 1.54) is 6.92 Å². The van der Waals surface area contributed by atoms with Crippen LogP contribution in [0.15, 0.2) is 48.8 Å². The Bertz CT molecular complexity index is 771. The van der Waals surface area contributed by atoms with Crippen LogP contribution in [0.5, 0.6) is 0 Å². The number of nitrogens with one attached hydrogen (secondary N) is 2. The van der Waals surface area contributed by atoms with Crippen molar-refractivity contribution in [1.82, 2.24) is 10.3 Å². The standard InChI is InChI=1S/C20H25N3O2S/c1-15(8-4-3-5-12-22-20(25)14-26-16(2)24)23-19-11-6-10-18-17(19)9-7-13-21-18/h6-7,9-11,13,23H,1,3-5,8,12,14H2,2H3,(H,22,25). The van der Waals surface area contributed by atoms with Gasteiger partial charge in [-0.05, 0) is 43.5 Å². The lowest BCUT2D eigenvalue weighted by atomic mass is 10.1. The van der Waals surface area contributed by atoms with Gasteiger partial charge in [-0.2, -0.15) is 0 Å². The van der Waals surface area contributed by atoms with Crippen molar-refractivity contribution in [2.45, 2.75) is 32.6 Å². The van der Waals surface area contributed by atoms with E-state index in [1.54, 1.807) is 6.20 Å². The number of amides is 1. The number of anilines is 1. The minimum absolute atomic E-state index is 0.0341. The molecule has 0 unspecified atom stereocenters. The van der Waals surface area contributed by atoms with Gasteiger partial charge in [0.1, 0.15) is 0 Å². The van der Waals surface area contributed by atoms with Gasteiger partial charge >= 0.3 is 0 Å². The minimum atomic E-state index is -0.0826. The molecule has 1 amide bonds. The minimum Gasteiger partial charge on any atom is -0.359 e. The van der Waals surface area contributed by atoms with Crippen LogP contribution >= 0.6 is 11.8 Å². The lowest BCUT2D eigenvalue weighted by molar-refractivity contribution is -0.118. The topological polar surface area (TPSA) is 71.1 Å². The number of carbonyl (C=O) groups is 2. The summed E-state index contributed by atoms with van der Waals surface area (Å²) in [4.78, 5) is 26.6. The van der Waals surface area contributed by atoms with Crippen molar-refractivity contribution >= 4 is 39.4 Å². The molecule has 0 aliphatic heterocycles. The van der Waals surface area contributed by atoms with Crippen LogP contribution in [0.25, 0.3) is 10.9 Å². The number of thioether (sulfide) groups is 1. The second-order valence-corrected chi connectivity index (χ2v) is 7.20. The molecule has 2 N–H and O–H groups in total. The summed E-state index contributed by atoms with van der Waals surface area (Å²) in [6.07, 6.45) is 5.61. The van der Waals surface area contributed by atoms with Crippen LogP contribution in [0.3, 0.4) is 0 Å². The smallest absolute Gasteiger partial charge is 0.230 e. The van der Waals surface area contributed by atoms with E-state index in [4.69, 9.17) is 0 Å². The van der Waals surface area contributed by atoms with Crippen LogP contribution in [0.1, 0.15) is 32.6 Å². The summed E-state index contributed by atoms with van der Waals surface area (Å²) in [7, 11) is 0. The zero-order valence-corrected chi connectivity index (χ0v) is 15.9. The average Bonchev–Trinajstić information content (AvgIpc) is 2.63. The van der Waals surface area contributed by atoms with Gasteiger partial charge in [-0.1, -0.05) is 30.8 Å². The molecule has 2 aromatic rings. The molecule has 0 saturated heterocycles. The molecule has 2 rings (SSSR count). The third kappa shape index (κ3) is 6.88. The number of hydrogen-bond acceptors (Lipinski definition) is 5. The first-order chi connectivity index (χ1) is 12.6. The van der Waals surface area contributed by atoms with Gasteiger partial charge < -0.3 is 10.6 Å². The number of unbranched alkanes of at least 4 members (excludes halogenated alkanes) is 2. The molecule has 1 heterocycles. The summed E-state index contributed by atoms with van der Waals surface area (Å²) in [5.74, 6) is 0.122. The van der Waals surface area contributed by atoms with E-state index in [0.717, 1.165) is 59.7 Å². The molecular formula is C20H25N3O2S. The average molecular weight is 372 g/mol. The second-order valence-electron chi connectivity index (χ2n) is 6.05. The van der Waals surface area contributed by atoms with E-state index in [0.29, 0.717) is 6.54 Å². The van der Waals surface area contributed by atoms with Gasteiger partial charge in [-0.25, -0.2) is 0 Å². The van der Waals surface area contributed by atoms with Gasteiger partial charge in [0, 0.05) is 36.4 Å². The molecule has 6 heteroatoms. The highest BCUT2D eigenvalue weighted by atomic mass is 32.2. The lowest BCUT2D eigenvalue weighted by Crippen LogP contribution is -2.26. The van der Waals surface area contributed by atoms with Gasteiger partial charge in [0.25, 0.3) is 0 Å². The van der Waals surface area contributed by atoms with Crippen molar-refractivity contribution in [2.75, 3.05) is 17.6 Å². The Labute approximate surface area is 158 Å². The Balaban J connectivity index is 1.63. The van der Waals surface area contributed by atoms with Crippen LogP contribution < -0.4 is 10.6 Å². The van der Waals surface area contributed by atoms with E-state index in [1.807, 2.05) is 30.3 Å². The molecule has 1 aromatic carbocycles. The number of rotatable bonds is 10. The molecule has 0 aliphatic rings. The van der Waals surface area contributed by atoms with Crippen LogP contribution in [0.2, 0.25) is 0 Å². The van der Waals surface area contributed by atoms with Crippen molar-refractivity contribution < 1.29 is 9.59 Å². The fraction of sp³-hybridized carbons (Fsp3) is 0.350. The summed E-state index contributed by atoms with van der Waals surface area (Å²) >= 11 is 1.04. The molecule has 0 atom stereocenters. The summed E-state index contributed by atoms with van der Waals surface area (Å²) in [6.45, 7) is 6.22. The monoisotopic (exact) mass is 371 g/mol. The normalized spacial score (nSPS) is 10.5. The third-order valence-corrected chi connectivity index (χ3v) is 4.65. The molecule has 0 aliphatic carbocycles. The third-order valence-electron chi connectivity index (χ3n) is 3.84. The van der Waals surface area contributed by atoms with Gasteiger partial charge in [0.05, 0.1) is 11.3 Å². The number of benzene rings is 1. The molecule has 5 nitrogen and oxygen atoms in total. The number of allylic oxidation sites excluding steroid dienone is 1. The van der Waals surface area contributed by atoms with Crippen molar-refractivity contribution in [1.29, 1.82) is 0 Å². The molecule has 0 fully saturated rings. The highest BCUT2D eigenvalue weighted by Crippen LogP contribution is 2.23. The maximum atomic E-state index is 11.5. The lowest BCUT2D eigenvalue weighted by Gasteiger charge is -2.12. The Morgan fingerprint density at radius 3 is 2.81 bits per heavy atom. The molecule has 138 valence electrons. The van der Waals surface area contributed by atoms with E-state index < -0.39 is 0 Å². The van der Waals surface area contributed by atoms with Crippen LogP contribution in [-0.2, 0) is 9.59 Å². The summed E-state index contributed by atoms with van der Waals surface area (Å²) in [5, 5.41) is 7.26. The molecular weight excluding hydrogens is 346 g/mol. The maximum Gasteiger partial charge on any atom is 0.230 e. The predicted octanol–water partition coefficient (Wildman–Crippen LogP) is 4.12. The number of nitrogens with zero attached hydrogens (tertiary/aromatic N) is 1. The van der Waals surface area contributed by atoms with E-state index >= 15 is 0 Å². The van der Waals surface area contributed by atoms with Crippen molar-refractivity contribution in [3.05, 3.63) is 48.8 Å². The van der Waals surface area contributed by atoms with Crippen LogP contribution in [-0.4, -0.2) is 28.3 Å². The Hall–Kier alpha value is -2.34. The molecule has 0 spiro atoms. The quantitative estimate of drug-likeness (QED) is 0.615. The zero-order chi connectivity index (χ0) is 18.8. The molecule has 26 heavy (non-hydrogen) atoms. The highest BCUT2D eigenvalue weighted by molar-refractivity contribution is 8.14. The van der Waals surface area contributed by atoms with Gasteiger partial charge in [-0.3, -0.25) is 14.6 Å². The first-order valence-electron chi connectivity index (χ1n) is 8.75. The summed E-state index contributed by atoms with van der Waals surface area (Å²) in [5.41, 5.74) is 2.96. The largest absolute Gasteiger partial charge is 0.359 e. The van der Waals surface area contributed by atoms with E-state index in [2.05, 4.69) is 22.2 Å². The predicted molar refractivity (Wildman–Crippen MR) is 109 cm³/mol. The number of fused-ring (bicyclic) bond motifs is 1. The van der Waals surface area contributed by atoms with Crippen molar-refractivity contribution in [3.63, 3.8) is 0 Å². The molecule has 0 saturated carbocycles. The van der Waals surface area contributed by atoms with Crippen LogP contribution in [0, 0.1) is 0 Å².